The van der Waals surface area contributed by atoms with E-state index in [-0.39, 0.29) is 5.91 Å². The molecule has 0 fully saturated rings. The summed E-state index contributed by atoms with van der Waals surface area (Å²) in [6, 6.07) is 3.65. The third-order valence-corrected chi connectivity index (χ3v) is 3.28. The third-order valence-electron chi connectivity index (χ3n) is 3.28. The Morgan fingerprint density at radius 1 is 1.42 bits per heavy atom. The van der Waals surface area contributed by atoms with Crippen molar-refractivity contribution in [3.8, 4) is 0 Å². The first-order valence-corrected chi connectivity index (χ1v) is 6.67. The van der Waals surface area contributed by atoms with Crippen LogP contribution < -0.4 is 5.32 Å². The molecule has 0 bridgehead atoms. The molecule has 0 aromatic carbocycles. The maximum absolute atomic E-state index is 12.0. The van der Waals surface area contributed by atoms with Crippen molar-refractivity contribution in [1.82, 2.24) is 19.6 Å². The molecule has 2 heterocycles. The molecule has 0 radical (unpaired) electrons. The van der Waals surface area contributed by atoms with E-state index in [0.717, 1.165) is 25.2 Å². The third kappa shape index (κ3) is 3.32. The molecule has 5 heteroatoms. The van der Waals surface area contributed by atoms with Gasteiger partial charge < -0.3 is 14.6 Å². The molecule has 0 aliphatic heterocycles. The summed E-state index contributed by atoms with van der Waals surface area (Å²) in [6.07, 6.45) is 5.31. The van der Waals surface area contributed by atoms with Crippen LogP contribution in [-0.2, 0) is 0 Å². The highest BCUT2D eigenvalue weighted by molar-refractivity contribution is 5.95. The summed E-state index contributed by atoms with van der Waals surface area (Å²) in [7, 11) is 0. The predicted octanol–water partition coefficient (Wildman–Crippen LogP) is 1.41. The van der Waals surface area contributed by atoms with E-state index < -0.39 is 0 Å². The quantitative estimate of drug-likeness (QED) is 0.854. The smallest absolute Gasteiger partial charge is 0.251 e. The van der Waals surface area contributed by atoms with Crippen LogP contribution >= 0.6 is 0 Å². The lowest BCUT2D eigenvalue weighted by Crippen LogP contribution is -2.34. The van der Waals surface area contributed by atoms with Crippen LogP contribution in [0.1, 0.15) is 24.2 Å². The fourth-order valence-electron chi connectivity index (χ4n) is 2.03. The van der Waals surface area contributed by atoms with Gasteiger partial charge in [0.05, 0.1) is 18.0 Å². The summed E-state index contributed by atoms with van der Waals surface area (Å²) in [5, 5.41) is 2.94. The highest BCUT2D eigenvalue weighted by atomic mass is 16.1. The molecule has 19 heavy (non-hydrogen) atoms. The maximum atomic E-state index is 12.0. The lowest BCUT2D eigenvalue weighted by molar-refractivity contribution is 0.0949. The van der Waals surface area contributed by atoms with Crippen molar-refractivity contribution < 1.29 is 4.79 Å². The first kappa shape index (κ1) is 13.5. The summed E-state index contributed by atoms with van der Waals surface area (Å²) < 4.78 is 1.88. The van der Waals surface area contributed by atoms with Crippen molar-refractivity contribution in [2.75, 3.05) is 26.2 Å². The Morgan fingerprint density at radius 3 is 2.95 bits per heavy atom. The standard InChI is InChI=1S/C14H20N4O/c1-3-17(4-2)8-6-16-14(19)12-5-7-18-11-15-10-13(18)9-12/h5,7,9-11H,3-4,6,8H2,1-2H3,(H,16,19). The van der Waals surface area contributed by atoms with E-state index in [9.17, 15) is 4.79 Å². The van der Waals surface area contributed by atoms with Crippen molar-refractivity contribution in [1.29, 1.82) is 0 Å². The summed E-state index contributed by atoms with van der Waals surface area (Å²) in [5.41, 5.74) is 1.60. The molecule has 102 valence electrons. The highest BCUT2D eigenvalue weighted by Gasteiger charge is 2.06. The highest BCUT2D eigenvalue weighted by Crippen LogP contribution is 2.06. The largest absolute Gasteiger partial charge is 0.351 e. The Morgan fingerprint density at radius 2 is 2.21 bits per heavy atom. The van der Waals surface area contributed by atoms with Crippen LogP contribution in [0.3, 0.4) is 0 Å². The summed E-state index contributed by atoms with van der Waals surface area (Å²) in [6.45, 7) is 7.82. The molecule has 0 aliphatic carbocycles. The number of pyridine rings is 1. The van der Waals surface area contributed by atoms with Crippen LogP contribution in [0.4, 0.5) is 0 Å². The van der Waals surface area contributed by atoms with Crippen LogP contribution in [0.2, 0.25) is 0 Å². The summed E-state index contributed by atoms with van der Waals surface area (Å²) >= 11 is 0. The van der Waals surface area contributed by atoms with E-state index in [1.165, 1.54) is 0 Å². The fraction of sp³-hybridized carbons (Fsp3) is 0.429. The van der Waals surface area contributed by atoms with Crippen molar-refractivity contribution in [3.63, 3.8) is 0 Å². The SMILES string of the molecule is CCN(CC)CCNC(=O)c1ccn2cncc2c1. The second kappa shape index (κ2) is 6.33. The summed E-state index contributed by atoms with van der Waals surface area (Å²) in [5.74, 6) is -0.0316. The van der Waals surface area contributed by atoms with Crippen molar-refractivity contribution in [2.24, 2.45) is 0 Å². The first-order valence-electron chi connectivity index (χ1n) is 6.67. The zero-order chi connectivity index (χ0) is 13.7. The molecule has 1 amide bonds. The topological polar surface area (TPSA) is 49.6 Å². The Hall–Kier alpha value is -1.88. The molecule has 2 aromatic heterocycles. The van der Waals surface area contributed by atoms with Gasteiger partial charge >= 0.3 is 0 Å². The first-order chi connectivity index (χ1) is 9.24. The van der Waals surface area contributed by atoms with Crippen molar-refractivity contribution in [2.45, 2.75) is 13.8 Å². The molecule has 0 saturated heterocycles. The van der Waals surface area contributed by atoms with Crippen LogP contribution in [-0.4, -0.2) is 46.4 Å². The van der Waals surface area contributed by atoms with Crippen LogP contribution in [0.25, 0.3) is 5.52 Å². The Kier molecular flexibility index (Phi) is 4.52. The molecule has 0 spiro atoms. The molecule has 0 unspecified atom stereocenters. The zero-order valence-corrected chi connectivity index (χ0v) is 11.5. The fourth-order valence-corrected chi connectivity index (χ4v) is 2.03. The lowest BCUT2D eigenvalue weighted by Gasteiger charge is -2.17. The van der Waals surface area contributed by atoms with Gasteiger partial charge in [0, 0.05) is 24.8 Å². The number of imidazole rings is 1. The Bertz CT molecular complexity index is 545. The van der Waals surface area contributed by atoms with Gasteiger partial charge in [-0.25, -0.2) is 4.98 Å². The number of likely N-dealkylation sites (N-methyl/N-ethyl adjacent to an activating group) is 1. The number of carbonyl (C=O) groups excluding carboxylic acids is 1. The minimum absolute atomic E-state index is 0.0316. The number of rotatable bonds is 6. The van der Waals surface area contributed by atoms with E-state index in [0.29, 0.717) is 12.1 Å². The van der Waals surface area contributed by atoms with Crippen LogP contribution in [0.15, 0.2) is 30.9 Å². The normalized spacial score (nSPS) is 11.1. The van der Waals surface area contributed by atoms with Crippen molar-refractivity contribution in [3.05, 3.63) is 36.4 Å². The zero-order valence-electron chi connectivity index (χ0n) is 11.5. The van der Waals surface area contributed by atoms with E-state index in [1.54, 1.807) is 18.6 Å². The second-order valence-electron chi connectivity index (χ2n) is 4.42. The monoisotopic (exact) mass is 260 g/mol. The number of carbonyl (C=O) groups is 1. The molecular formula is C14H20N4O. The van der Waals surface area contributed by atoms with Gasteiger partial charge in [0.15, 0.2) is 0 Å². The lowest BCUT2D eigenvalue weighted by atomic mass is 10.2. The van der Waals surface area contributed by atoms with Gasteiger partial charge in [0.2, 0.25) is 0 Å². The molecule has 0 aliphatic rings. The molecule has 2 rings (SSSR count). The molecule has 2 aromatic rings. The molecule has 0 saturated carbocycles. The predicted molar refractivity (Wildman–Crippen MR) is 75.3 cm³/mol. The van der Waals surface area contributed by atoms with Gasteiger partial charge in [-0.05, 0) is 25.2 Å². The average molecular weight is 260 g/mol. The number of hydrogen-bond acceptors (Lipinski definition) is 3. The van der Waals surface area contributed by atoms with Gasteiger partial charge in [-0.3, -0.25) is 4.79 Å². The molecule has 1 N–H and O–H groups in total. The van der Waals surface area contributed by atoms with E-state index in [2.05, 4.69) is 29.0 Å². The van der Waals surface area contributed by atoms with E-state index >= 15 is 0 Å². The number of hydrogen-bond donors (Lipinski definition) is 1. The van der Waals surface area contributed by atoms with Gasteiger partial charge in [-0.15, -0.1) is 0 Å². The minimum Gasteiger partial charge on any atom is -0.351 e. The number of fused-ring (bicyclic) bond motifs is 1. The number of nitrogens with one attached hydrogen (secondary N) is 1. The molecule has 5 nitrogen and oxygen atoms in total. The minimum atomic E-state index is -0.0316. The van der Waals surface area contributed by atoms with Crippen molar-refractivity contribution >= 4 is 11.4 Å². The summed E-state index contributed by atoms with van der Waals surface area (Å²) in [4.78, 5) is 18.3. The Labute approximate surface area is 113 Å². The second-order valence-corrected chi connectivity index (χ2v) is 4.42. The number of aromatic nitrogens is 2. The maximum Gasteiger partial charge on any atom is 0.251 e. The number of amides is 1. The van der Waals surface area contributed by atoms with Gasteiger partial charge in [0.25, 0.3) is 5.91 Å². The van der Waals surface area contributed by atoms with Crippen LogP contribution in [0.5, 0.6) is 0 Å². The van der Waals surface area contributed by atoms with E-state index in [4.69, 9.17) is 0 Å². The number of nitrogens with zero attached hydrogens (tertiary/aromatic N) is 3. The average Bonchev–Trinajstić information content (AvgIpc) is 2.90. The van der Waals surface area contributed by atoms with Crippen LogP contribution in [0, 0.1) is 0 Å². The molecular weight excluding hydrogens is 240 g/mol. The van der Waals surface area contributed by atoms with Gasteiger partial charge in [0.1, 0.15) is 0 Å². The van der Waals surface area contributed by atoms with Gasteiger partial charge in [-0.1, -0.05) is 13.8 Å². The van der Waals surface area contributed by atoms with Gasteiger partial charge in [-0.2, -0.15) is 0 Å². The van der Waals surface area contributed by atoms with E-state index in [1.807, 2.05) is 16.7 Å². The molecule has 0 atom stereocenters. The Balaban J connectivity index is 1.92.